The maximum absolute atomic E-state index is 9.27. The summed E-state index contributed by atoms with van der Waals surface area (Å²) in [7, 11) is 0. The summed E-state index contributed by atoms with van der Waals surface area (Å²) in [5, 5.41) is 22.5. The van der Waals surface area contributed by atoms with E-state index in [-0.39, 0.29) is 5.75 Å². The summed E-state index contributed by atoms with van der Waals surface area (Å²) in [6.45, 7) is 0. The number of aromatic nitrogens is 4. The third kappa shape index (κ3) is 2.44. The molecule has 2 heterocycles. The average Bonchev–Trinajstić information content (AvgIpc) is 3.07. The lowest BCUT2D eigenvalue weighted by molar-refractivity contribution is 0.475. The third-order valence-corrected chi connectivity index (χ3v) is 3.42. The van der Waals surface area contributed by atoms with Gasteiger partial charge in [-0.15, -0.1) is 10.2 Å². The molecule has 7 nitrogen and oxygen atoms in total. The molecule has 2 aromatic carbocycles. The molecular formula is C16H12N6O. The van der Waals surface area contributed by atoms with E-state index in [1.165, 1.54) is 0 Å². The van der Waals surface area contributed by atoms with Crippen molar-refractivity contribution in [1.82, 2.24) is 19.6 Å². The van der Waals surface area contributed by atoms with Gasteiger partial charge in [-0.1, -0.05) is 12.1 Å². The highest BCUT2D eigenvalue weighted by atomic mass is 16.3. The Morgan fingerprint density at radius 2 is 1.91 bits per heavy atom. The zero-order valence-electron chi connectivity index (χ0n) is 12.0. The molecule has 2 N–H and O–H groups in total. The molecular weight excluding hydrogens is 292 g/mol. The lowest BCUT2D eigenvalue weighted by Crippen LogP contribution is -2.01. The Labute approximate surface area is 130 Å². The Hall–Kier alpha value is -3.48. The van der Waals surface area contributed by atoms with Crippen molar-refractivity contribution in [2.24, 2.45) is 5.10 Å². The van der Waals surface area contributed by atoms with Gasteiger partial charge in [-0.2, -0.15) is 5.10 Å². The van der Waals surface area contributed by atoms with E-state index < -0.39 is 0 Å². The van der Waals surface area contributed by atoms with Gasteiger partial charge >= 0.3 is 0 Å². The standard InChI is InChI=1S/C16H12N6O/c23-12-7-5-11(6-8-12)9-17-21-16-19-14-4-2-1-3-13(14)15-20-18-10-22(15)16/h1-10,23H,(H,19,21)/b17-9+. The molecule has 0 aliphatic carbocycles. The first-order valence-electron chi connectivity index (χ1n) is 6.98. The summed E-state index contributed by atoms with van der Waals surface area (Å²) in [6, 6.07) is 14.5. The Bertz CT molecular complexity index is 1010. The van der Waals surface area contributed by atoms with Crippen LogP contribution in [-0.4, -0.2) is 30.9 Å². The summed E-state index contributed by atoms with van der Waals surface area (Å²) in [5.74, 6) is 0.747. The summed E-state index contributed by atoms with van der Waals surface area (Å²) in [6.07, 6.45) is 3.24. The number of phenolic OH excluding ortho intramolecular Hbond substituents is 1. The van der Waals surface area contributed by atoms with Crippen molar-refractivity contribution in [3.8, 4) is 5.75 Å². The van der Waals surface area contributed by atoms with E-state index in [2.05, 4.69) is 25.7 Å². The van der Waals surface area contributed by atoms with E-state index >= 15 is 0 Å². The smallest absolute Gasteiger partial charge is 0.231 e. The van der Waals surface area contributed by atoms with Gasteiger partial charge in [0, 0.05) is 5.39 Å². The number of nitrogens with one attached hydrogen (secondary N) is 1. The SMILES string of the molecule is Oc1ccc(/C=N/Nc2nc3ccccc3c3nncn23)cc1. The van der Waals surface area contributed by atoms with Gasteiger partial charge in [0.25, 0.3) is 0 Å². The molecule has 0 radical (unpaired) electrons. The zero-order chi connectivity index (χ0) is 15.6. The fourth-order valence-corrected chi connectivity index (χ4v) is 2.31. The number of hydrogen-bond donors (Lipinski definition) is 2. The molecule has 23 heavy (non-hydrogen) atoms. The van der Waals surface area contributed by atoms with Crippen molar-refractivity contribution in [2.45, 2.75) is 0 Å². The fourth-order valence-electron chi connectivity index (χ4n) is 2.31. The molecule has 7 heteroatoms. The van der Waals surface area contributed by atoms with Gasteiger partial charge in [0.2, 0.25) is 5.95 Å². The molecule has 0 amide bonds. The molecule has 112 valence electrons. The number of aromatic hydroxyl groups is 1. The number of benzene rings is 2. The Morgan fingerprint density at radius 3 is 2.78 bits per heavy atom. The molecule has 0 spiro atoms. The number of hydrogen-bond acceptors (Lipinski definition) is 6. The monoisotopic (exact) mass is 304 g/mol. The maximum Gasteiger partial charge on any atom is 0.231 e. The molecule has 0 aliphatic heterocycles. The molecule has 0 bridgehead atoms. The van der Waals surface area contributed by atoms with Gasteiger partial charge < -0.3 is 5.11 Å². The lowest BCUT2D eigenvalue weighted by Gasteiger charge is -2.05. The molecule has 4 rings (SSSR count). The van der Waals surface area contributed by atoms with Crippen LogP contribution in [0.3, 0.4) is 0 Å². The predicted molar refractivity (Wildman–Crippen MR) is 87.6 cm³/mol. The predicted octanol–water partition coefficient (Wildman–Crippen LogP) is 2.43. The van der Waals surface area contributed by atoms with Crippen LogP contribution in [0.25, 0.3) is 16.6 Å². The zero-order valence-corrected chi connectivity index (χ0v) is 12.0. The first kappa shape index (κ1) is 13.2. The average molecular weight is 304 g/mol. The fraction of sp³-hybridized carbons (Fsp3) is 0. The topological polar surface area (TPSA) is 87.7 Å². The number of anilines is 1. The van der Waals surface area contributed by atoms with Crippen LogP contribution in [0.5, 0.6) is 5.75 Å². The van der Waals surface area contributed by atoms with Crippen LogP contribution in [0.4, 0.5) is 5.95 Å². The minimum Gasteiger partial charge on any atom is -0.508 e. The number of fused-ring (bicyclic) bond motifs is 3. The van der Waals surface area contributed by atoms with Gasteiger partial charge in [0.05, 0.1) is 11.7 Å². The van der Waals surface area contributed by atoms with Crippen molar-refractivity contribution in [2.75, 3.05) is 5.43 Å². The van der Waals surface area contributed by atoms with E-state index in [4.69, 9.17) is 0 Å². The van der Waals surface area contributed by atoms with Crippen LogP contribution in [0, 0.1) is 0 Å². The minimum atomic E-state index is 0.220. The molecule has 0 saturated heterocycles. The van der Waals surface area contributed by atoms with Gasteiger partial charge in [-0.3, -0.25) is 0 Å². The van der Waals surface area contributed by atoms with Crippen molar-refractivity contribution >= 4 is 28.7 Å². The third-order valence-electron chi connectivity index (χ3n) is 3.42. The molecule has 0 atom stereocenters. The summed E-state index contributed by atoms with van der Waals surface area (Å²) in [4.78, 5) is 4.54. The quantitative estimate of drug-likeness (QED) is 0.448. The van der Waals surface area contributed by atoms with Crippen molar-refractivity contribution in [1.29, 1.82) is 0 Å². The van der Waals surface area contributed by atoms with Gasteiger partial charge in [0.1, 0.15) is 12.1 Å². The number of rotatable bonds is 3. The molecule has 4 aromatic rings. The first-order chi connectivity index (χ1) is 11.3. The van der Waals surface area contributed by atoms with Crippen LogP contribution >= 0.6 is 0 Å². The van der Waals surface area contributed by atoms with E-state index in [1.54, 1.807) is 41.2 Å². The van der Waals surface area contributed by atoms with E-state index in [9.17, 15) is 5.11 Å². The van der Waals surface area contributed by atoms with E-state index in [0.29, 0.717) is 5.95 Å². The van der Waals surface area contributed by atoms with Crippen LogP contribution < -0.4 is 5.43 Å². The van der Waals surface area contributed by atoms with Crippen molar-refractivity contribution in [3.05, 3.63) is 60.4 Å². The number of para-hydroxylation sites is 1. The highest BCUT2D eigenvalue weighted by Gasteiger charge is 2.08. The Kier molecular flexibility index (Phi) is 3.09. The van der Waals surface area contributed by atoms with Crippen molar-refractivity contribution in [3.63, 3.8) is 0 Å². The highest BCUT2D eigenvalue weighted by Crippen LogP contribution is 2.19. The van der Waals surface area contributed by atoms with E-state index in [1.807, 2.05) is 24.3 Å². The van der Waals surface area contributed by atoms with Crippen LogP contribution in [0.1, 0.15) is 5.56 Å². The van der Waals surface area contributed by atoms with Crippen LogP contribution in [0.2, 0.25) is 0 Å². The summed E-state index contributed by atoms with van der Waals surface area (Å²) >= 11 is 0. The lowest BCUT2D eigenvalue weighted by atomic mass is 10.2. The van der Waals surface area contributed by atoms with Crippen molar-refractivity contribution < 1.29 is 5.11 Å². The second kappa shape index (κ2) is 5.38. The van der Waals surface area contributed by atoms with Crippen LogP contribution in [-0.2, 0) is 0 Å². The van der Waals surface area contributed by atoms with Gasteiger partial charge in [-0.05, 0) is 42.0 Å². The molecule has 0 saturated carbocycles. The normalized spacial score (nSPS) is 11.5. The van der Waals surface area contributed by atoms with Gasteiger partial charge in [0.15, 0.2) is 5.65 Å². The first-order valence-corrected chi connectivity index (χ1v) is 6.98. The summed E-state index contributed by atoms with van der Waals surface area (Å²) < 4.78 is 1.75. The van der Waals surface area contributed by atoms with Gasteiger partial charge in [-0.25, -0.2) is 14.8 Å². The maximum atomic E-state index is 9.27. The van der Waals surface area contributed by atoms with Crippen LogP contribution in [0.15, 0.2) is 60.0 Å². The number of phenols is 1. The Balaban J connectivity index is 1.70. The summed E-state index contributed by atoms with van der Waals surface area (Å²) in [5.41, 5.74) is 5.30. The molecule has 0 aliphatic rings. The highest BCUT2D eigenvalue weighted by molar-refractivity contribution is 5.92. The second-order valence-corrected chi connectivity index (χ2v) is 4.94. The molecule has 2 aromatic heterocycles. The molecule has 0 unspecified atom stereocenters. The largest absolute Gasteiger partial charge is 0.508 e. The minimum absolute atomic E-state index is 0.220. The number of nitrogens with zero attached hydrogens (tertiary/aromatic N) is 5. The number of hydrazone groups is 1. The molecule has 0 fully saturated rings. The second-order valence-electron chi connectivity index (χ2n) is 4.94. The van der Waals surface area contributed by atoms with E-state index in [0.717, 1.165) is 22.1 Å². The Morgan fingerprint density at radius 1 is 1.09 bits per heavy atom.